The minimum Gasteiger partial charge on any atom is -0.594 e. The highest BCUT2D eigenvalue weighted by molar-refractivity contribution is 5.75. The van der Waals surface area contributed by atoms with Gasteiger partial charge in [0, 0.05) is 0 Å². The van der Waals surface area contributed by atoms with Crippen LogP contribution in [-0.2, 0) is 0 Å². The molecule has 1 rings (SSSR count). The van der Waals surface area contributed by atoms with Gasteiger partial charge in [-0.3, -0.25) is 5.11 Å². The molecular weight excluding hydrogens is 92.1 g/mol. The van der Waals surface area contributed by atoms with E-state index in [-0.39, 0.29) is 6.29 Å². The first-order chi connectivity index (χ1) is 3.43. The van der Waals surface area contributed by atoms with Crippen LogP contribution in [0.5, 0.6) is 0 Å². The Labute approximate surface area is 41.1 Å². The molecule has 0 unspecified atom stereocenters. The van der Waals surface area contributed by atoms with Crippen molar-refractivity contribution in [3.05, 3.63) is 23.7 Å². The van der Waals surface area contributed by atoms with E-state index in [1.165, 1.54) is 12.8 Å². The molecule has 0 aromatic rings. The zero-order valence-corrected chi connectivity index (χ0v) is 3.50. The van der Waals surface area contributed by atoms with Gasteiger partial charge >= 0.3 is 12.5 Å². The van der Waals surface area contributed by atoms with Crippen molar-refractivity contribution < 1.29 is 5.11 Å². The summed E-state index contributed by atoms with van der Waals surface area (Å²) in [5.41, 5.74) is 8.05. The van der Waals surface area contributed by atoms with Crippen molar-refractivity contribution in [3.8, 4) is 0 Å². The van der Waals surface area contributed by atoms with Crippen LogP contribution in [0.1, 0.15) is 0 Å². The highest BCUT2D eigenvalue weighted by Crippen LogP contribution is 2.08. The van der Waals surface area contributed by atoms with E-state index in [1.54, 1.807) is 5.11 Å². The molecule has 0 aromatic carbocycles. The van der Waals surface area contributed by atoms with Crippen molar-refractivity contribution >= 4 is 6.21 Å². The summed E-state index contributed by atoms with van der Waals surface area (Å²) in [4.78, 5) is 3.56. The van der Waals surface area contributed by atoms with Gasteiger partial charge in [-0.2, -0.15) is 0 Å². The van der Waals surface area contributed by atoms with E-state index in [2.05, 4.69) is 10.3 Å². The molecule has 0 aliphatic carbocycles. The minimum absolute atomic E-state index is 0.236. The number of aliphatic imine (C=N–C) groups is 1. The molecule has 0 saturated carbocycles. The fraction of sp³-hybridized carbons (Fsp3) is 0. The van der Waals surface area contributed by atoms with Crippen LogP contribution in [0.15, 0.2) is 4.99 Å². The fourth-order valence-electron chi connectivity index (χ4n) is 0.299. The second-order valence-electron chi connectivity index (χ2n) is 0.992. The molecule has 7 heavy (non-hydrogen) atoms. The van der Waals surface area contributed by atoms with Gasteiger partial charge in [-0.25, -0.2) is 5.32 Å². The average molecular weight is 95.1 g/mol. The zero-order valence-electron chi connectivity index (χ0n) is 3.50. The lowest BCUT2D eigenvalue weighted by Crippen LogP contribution is -2.63. The molecule has 34 valence electrons. The van der Waals surface area contributed by atoms with Gasteiger partial charge in [-0.1, -0.05) is 0 Å². The predicted molar refractivity (Wildman–Crippen MR) is 23.7 cm³/mol. The van der Waals surface area contributed by atoms with Crippen molar-refractivity contribution in [2.45, 2.75) is 0 Å². The SMILES string of the molecule is [N-]=[NH+][C+]1N=C[CH+][N-]1. The molecule has 1 heterocycles. The van der Waals surface area contributed by atoms with E-state index >= 15 is 0 Å². The monoisotopic (exact) mass is 95.0 g/mol. The lowest BCUT2D eigenvalue weighted by Gasteiger charge is -1.85. The lowest BCUT2D eigenvalue weighted by atomic mass is 10.8. The Hall–Kier alpha value is -1.03. The van der Waals surface area contributed by atoms with Crippen LogP contribution in [0.2, 0.25) is 0 Å². The van der Waals surface area contributed by atoms with Crippen LogP contribution in [0, 0.1) is 12.8 Å². The Morgan fingerprint density at radius 3 is 3.14 bits per heavy atom. The molecule has 1 N–H and O–H groups in total. The number of nitrogens with zero attached hydrogens (tertiary/aromatic N) is 3. The first kappa shape index (κ1) is 4.14. The smallest absolute Gasteiger partial charge is 0.405 e. The van der Waals surface area contributed by atoms with Gasteiger partial charge < -0.3 is 5.53 Å². The summed E-state index contributed by atoms with van der Waals surface area (Å²) in [5, 5.41) is 5.35. The Morgan fingerprint density at radius 1 is 2.00 bits per heavy atom. The van der Waals surface area contributed by atoms with Crippen LogP contribution >= 0.6 is 0 Å². The van der Waals surface area contributed by atoms with Gasteiger partial charge in [0.2, 0.25) is 0 Å². The Morgan fingerprint density at radius 2 is 2.86 bits per heavy atom. The van der Waals surface area contributed by atoms with Gasteiger partial charge in [0.05, 0.1) is 0 Å². The summed E-state index contributed by atoms with van der Waals surface area (Å²) in [5.74, 6) is 0. The zero-order chi connectivity index (χ0) is 5.11. The summed E-state index contributed by atoms with van der Waals surface area (Å²) in [7, 11) is 0. The normalized spacial score (nSPS) is 16.9. The quantitative estimate of drug-likeness (QED) is 0.326. The topological polar surface area (TPSA) is 62.7 Å². The summed E-state index contributed by atoms with van der Waals surface area (Å²) in [6.07, 6.45) is 1.72. The molecule has 0 radical (unpaired) electrons. The van der Waals surface area contributed by atoms with Crippen molar-refractivity contribution in [1.82, 2.24) is 0 Å². The standard InChI is InChI=1S/C3H3N4/c4-7-3-5-1-2-6-3/h1-2,7H/q+1. The van der Waals surface area contributed by atoms with Gasteiger partial charge in [0.25, 0.3) is 0 Å². The van der Waals surface area contributed by atoms with Crippen LogP contribution < -0.4 is 5.11 Å². The third kappa shape index (κ3) is 0.690. The molecular formula is C3H3N4+. The lowest BCUT2D eigenvalue weighted by molar-refractivity contribution is -0.457. The van der Waals surface area contributed by atoms with Gasteiger partial charge in [0.15, 0.2) is 11.5 Å². The van der Waals surface area contributed by atoms with Gasteiger partial charge in [-0.05, 0) is 0 Å². The highest BCUT2D eigenvalue weighted by Gasteiger charge is 2.21. The number of hydrogen-bond acceptors (Lipinski definition) is 1. The average Bonchev–Trinajstić information content (AvgIpc) is 2.14. The van der Waals surface area contributed by atoms with Crippen molar-refractivity contribution in [1.29, 1.82) is 0 Å². The van der Waals surface area contributed by atoms with Crippen molar-refractivity contribution in [2.75, 3.05) is 0 Å². The summed E-state index contributed by atoms with van der Waals surface area (Å²) < 4.78 is 0. The Kier molecular flexibility index (Phi) is 0.953. The second-order valence-corrected chi connectivity index (χ2v) is 0.992. The molecule has 0 atom stereocenters. The molecule has 4 nitrogen and oxygen atoms in total. The van der Waals surface area contributed by atoms with E-state index in [1.807, 2.05) is 0 Å². The number of rotatable bonds is 1. The van der Waals surface area contributed by atoms with Crippen LogP contribution in [-0.4, -0.2) is 6.21 Å². The Balaban J connectivity index is 2.42. The maximum Gasteiger partial charge on any atom is 0.405 e. The number of hydrogen-bond donors (Lipinski definition) is 1. The highest BCUT2D eigenvalue weighted by atomic mass is 15.3. The molecule has 4 heteroatoms. The van der Waals surface area contributed by atoms with E-state index < -0.39 is 0 Å². The third-order valence-electron chi connectivity index (χ3n) is 0.560. The summed E-state index contributed by atoms with van der Waals surface area (Å²) in [6, 6.07) is 0. The molecule has 0 spiro atoms. The van der Waals surface area contributed by atoms with E-state index in [4.69, 9.17) is 5.53 Å². The van der Waals surface area contributed by atoms with Gasteiger partial charge in [0.1, 0.15) is 0 Å². The van der Waals surface area contributed by atoms with Gasteiger partial charge in [-0.15, -0.1) is 0 Å². The molecule has 0 saturated heterocycles. The molecule has 0 fully saturated rings. The predicted octanol–water partition coefficient (Wildman–Crippen LogP) is -0.845. The van der Waals surface area contributed by atoms with Crippen molar-refractivity contribution in [2.24, 2.45) is 4.99 Å². The molecule has 1 aliphatic heterocycles. The third-order valence-corrected chi connectivity index (χ3v) is 0.560. The largest absolute Gasteiger partial charge is 0.594 e. The minimum atomic E-state index is 0.236. The molecule has 0 amide bonds. The van der Waals surface area contributed by atoms with E-state index in [9.17, 15) is 0 Å². The fourth-order valence-corrected chi connectivity index (χ4v) is 0.299. The molecule has 0 aromatic heterocycles. The van der Waals surface area contributed by atoms with Crippen LogP contribution in [0.3, 0.4) is 0 Å². The van der Waals surface area contributed by atoms with Crippen LogP contribution in [0.4, 0.5) is 0 Å². The first-order valence-corrected chi connectivity index (χ1v) is 1.77. The Bertz CT molecular complexity index is 97.1. The molecule has 0 bridgehead atoms. The van der Waals surface area contributed by atoms with Crippen molar-refractivity contribution in [3.63, 3.8) is 0 Å². The molecule has 1 aliphatic rings. The van der Waals surface area contributed by atoms with Crippen LogP contribution in [0.25, 0.3) is 10.8 Å². The second kappa shape index (κ2) is 1.61. The maximum atomic E-state index is 8.05. The van der Waals surface area contributed by atoms with E-state index in [0.29, 0.717) is 0 Å². The number of nitrogens with one attached hydrogen (secondary N) is 1. The first-order valence-electron chi connectivity index (χ1n) is 1.77. The summed E-state index contributed by atoms with van der Waals surface area (Å²) in [6.45, 7) is 1.48. The van der Waals surface area contributed by atoms with E-state index in [0.717, 1.165) is 0 Å². The maximum absolute atomic E-state index is 8.05. The summed E-state index contributed by atoms with van der Waals surface area (Å²) >= 11 is 0.